The molecule has 2 heterocycles. The summed E-state index contributed by atoms with van der Waals surface area (Å²) in [4.78, 5) is 40.8. The number of pyridine rings is 1. The fourth-order valence-electron chi connectivity index (χ4n) is 3.63. The molecule has 41 heavy (non-hydrogen) atoms. The molecule has 1 atom stereocenters. The summed E-state index contributed by atoms with van der Waals surface area (Å²) in [6.45, 7) is 6.01. The van der Waals surface area contributed by atoms with Gasteiger partial charge in [0.05, 0.1) is 40.1 Å². The Morgan fingerprint density at radius 2 is 1.85 bits per heavy atom. The van der Waals surface area contributed by atoms with Gasteiger partial charge in [-0.2, -0.15) is 4.36 Å². The van der Waals surface area contributed by atoms with Crippen molar-refractivity contribution in [3.8, 4) is 11.8 Å². The average Bonchev–Trinajstić information content (AvgIpc) is 3.39. The maximum atomic E-state index is 12.9. The highest BCUT2D eigenvalue weighted by Crippen LogP contribution is 2.23. The van der Waals surface area contributed by atoms with Crippen molar-refractivity contribution in [3.63, 3.8) is 0 Å². The number of methoxy groups -OCH3 is 1. The first-order valence-electron chi connectivity index (χ1n) is 13.0. The number of carbonyl (C=O) groups is 3. The number of hydrogen-bond acceptors (Lipinski definition) is 9. The van der Waals surface area contributed by atoms with Crippen LogP contribution in [0.15, 0.2) is 51.5 Å². The van der Waals surface area contributed by atoms with Gasteiger partial charge in [-0.15, -0.1) is 0 Å². The van der Waals surface area contributed by atoms with Crippen LogP contribution in [-0.2, 0) is 31.1 Å². The molecule has 10 nitrogen and oxygen atoms in total. The summed E-state index contributed by atoms with van der Waals surface area (Å²) in [6.07, 6.45) is 3.89. The van der Waals surface area contributed by atoms with Crippen LogP contribution in [0.2, 0.25) is 0 Å². The third-order valence-corrected chi connectivity index (χ3v) is 7.59. The molecule has 0 spiro atoms. The van der Waals surface area contributed by atoms with Crippen molar-refractivity contribution < 1.29 is 27.9 Å². The molecule has 11 heteroatoms. The summed E-state index contributed by atoms with van der Waals surface area (Å²) in [7, 11) is -1.51. The third kappa shape index (κ3) is 9.39. The van der Waals surface area contributed by atoms with E-state index in [-0.39, 0.29) is 47.1 Å². The van der Waals surface area contributed by atoms with Gasteiger partial charge >= 0.3 is 5.97 Å². The Morgan fingerprint density at radius 3 is 2.54 bits per heavy atom. The van der Waals surface area contributed by atoms with Crippen molar-refractivity contribution in [1.82, 2.24) is 10.1 Å². The number of amides is 1. The van der Waals surface area contributed by atoms with E-state index in [9.17, 15) is 18.6 Å². The first kappa shape index (κ1) is 31.2. The largest absolute Gasteiger partial charge is 0.469 e. The van der Waals surface area contributed by atoms with Gasteiger partial charge in [-0.1, -0.05) is 49.9 Å². The highest BCUT2D eigenvalue weighted by Gasteiger charge is 2.21. The Labute approximate surface area is 240 Å². The number of anilines is 1. The average molecular weight is 579 g/mol. The molecule has 0 saturated heterocycles. The first-order chi connectivity index (χ1) is 19.3. The second-order valence-corrected chi connectivity index (χ2v) is 13.1. The number of ether oxygens (including phenoxy) is 1. The Morgan fingerprint density at radius 1 is 1.10 bits per heavy atom. The number of Topliss-reactive ketones (excluding diaryl/α,β-unsaturated/α-hetero) is 1. The van der Waals surface area contributed by atoms with Gasteiger partial charge in [0.15, 0.2) is 5.78 Å². The molecule has 3 rings (SSSR count). The third-order valence-electron chi connectivity index (χ3n) is 5.99. The number of rotatable bonds is 9. The van der Waals surface area contributed by atoms with Gasteiger partial charge < -0.3 is 15.0 Å². The summed E-state index contributed by atoms with van der Waals surface area (Å²) < 4.78 is 26.6. The zero-order chi connectivity index (χ0) is 30.2. The minimum absolute atomic E-state index is 0.0902. The van der Waals surface area contributed by atoms with E-state index in [1.165, 1.54) is 25.6 Å². The maximum Gasteiger partial charge on any atom is 0.305 e. The molecule has 2 aromatic heterocycles. The fraction of sp³-hybridized carbons (Fsp3) is 0.367. The molecular formula is C30H34N4O6S. The van der Waals surface area contributed by atoms with Gasteiger partial charge in [0.1, 0.15) is 11.6 Å². The molecule has 0 saturated carbocycles. The van der Waals surface area contributed by atoms with Crippen LogP contribution >= 0.6 is 0 Å². The number of benzene rings is 1. The molecular weight excluding hydrogens is 544 g/mol. The van der Waals surface area contributed by atoms with Crippen molar-refractivity contribution in [3.05, 3.63) is 76.3 Å². The molecule has 0 aliphatic carbocycles. The normalized spacial score (nSPS) is 12.5. The van der Waals surface area contributed by atoms with Crippen molar-refractivity contribution >= 4 is 33.2 Å². The van der Waals surface area contributed by atoms with E-state index < -0.39 is 15.6 Å². The number of nitrogen functional groups attached to an aromatic ring is 1. The van der Waals surface area contributed by atoms with Crippen LogP contribution in [0.4, 0.5) is 5.82 Å². The summed E-state index contributed by atoms with van der Waals surface area (Å²) >= 11 is 0. The molecule has 0 radical (unpaired) electrons. The predicted molar refractivity (Wildman–Crippen MR) is 156 cm³/mol. The minimum Gasteiger partial charge on any atom is -0.469 e. The van der Waals surface area contributed by atoms with E-state index >= 15 is 0 Å². The van der Waals surface area contributed by atoms with E-state index in [2.05, 4.69) is 31.1 Å². The van der Waals surface area contributed by atoms with E-state index in [4.69, 9.17) is 10.3 Å². The Hall–Kier alpha value is -4.30. The summed E-state index contributed by atoms with van der Waals surface area (Å²) in [5, 5.41) is 4.01. The monoisotopic (exact) mass is 578 g/mol. The van der Waals surface area contributed by atoms with Crippen molar-refractivity contribution in [2.75, 3.05) is 24.9 Å². The number of esters is 1. The molecule has 1 aromatic carbocycles. The van der Waals surface area contributed by atoms with Crippen LogP contribution in [0, 0.1) is 11.8 Å². The van der Waals surface area contributed by atoms with E-state index in [0.29, 0.717) is 41.0 Å². The number of unbranched alkanes of at least 4 members (excludes halogenated alkanes) is 1. The summed E-state index contributed by atoms with van der Waals surface area (Å²) in [5.41, 5.74) is 7.74. The molecule has 1 amide bonds. The van der Waals surface area contributed by atoms with E-state index in [1.54, 1.807) is 30.3 Å². The molecule has 0 aliphatic rings. The van der Waals surface area contributed by atoms with Crippen molar-refractivity contribution in [2.24, 2.45) is 4.36 Å². The van der Waals surface area contributed by atoms with Gasteiger partial charge in [0, 0.05) is 47.2 Å². The van der Waals surface area contributed by atoms with Crippen molar-refractivity contribution in [2.45, 2.75) is 51.9 Å². The second kappa shape index (κ2) is 13.4. The number of nitrogens with zero attached hydrogens (tertiary/aromatic N) is 3. The summed E-state index contributed by atoms with van der Waals surface area (Å²) in [6, 6.07) is 10.1. The van der Waals surface area contributed by atoms with Crippen LogP contribution in [0.3, 0.4) is 0 Å². The number of carbonyl (C=O) groups excluding carboxylic acids is 3. The van der Waals surface area contributed by atoms with E-state index in [0.717, 1.165) is 0 Å². The molecule has 2 N–H and O–H groups in total. The van der Waals surface area contributed by atoms with Crippen LogP contribution in [0.5, 0.6) is 0 Å². The van der Waals surface area contributed by atoms with Gasteiger partial charge in [0.2, 0.25) is 0 Å². The lowest BCUT2D eigenvalue weighted by molar-refractivity contribution is -0.140. The quantitative estimate of drug-likeness (QED) is 0.169. The van der Waals surface area contributed by atoms with Gasteiger partial charge in [0.25, 0.3) is 5.91 Å². The highest BCUT2D eigenvalue weighted by molar-refractivity contribution is 7.93. The number of hydrogen-bond donors (Lipinski definition) is 1. The lowest BCUT2D eigenvalue weighted by Gasteiger charge is -2.12. The highest BCUT2D eigenvalue weighted by atomic mass is 32.2. The SMILES string of the molecule is COC(=O)CCCCS(C)(=O)=NC(=O)c1cnc(N)c(C#Cc2cccc(C(=O)Cc3cc(C(C)(C)C)on3)c2)c1. The zero-order valence-electron chi connectivity index (χ0n) is 23.9. The van der Waals surface area contributed by atoms with Crippen LogP contribution in [0.1, 0.15) is 83.3 Å². The Bertz CT molecular complexity index is 1630. The Kier molecular flexibility index (Phi) is 10.2. The molecule has 0 aliphatic heterocycles. The number of aromatic nitrogens is 2. The summed E-state index contributed by atoms with van der Waals surface area (Å²) in [5.74, 6) is 5.65. The molecule has 1 unspecified atom stereocenters. The maximum absolute atomic E-state index is 12.9. The van der Waals surface area contributed by atoms with Crippen LogP contribution in [-0.4, -0.2) is 51.1 Å². The van der Waals surface area contributed by atoms with Gasteiger partial charge in [-0.25, -0.2) is 9.19 Å². The Balaban J connectivity index is 1.72. The van der Waals surface area contributed by atoms with E-state index in [1.807, 2.05) is 20.8 Å². The van der Waals surface area contributed by atoms with Gasteiger partial charge in [-0.05, 0) is 31.0 Å². The zero-order valence-corrected chi connectivity index (χ0v) is 24.7. The standard InChI is InChI=1S/C30H34N4O6S/c1-30(2,3)26-18-24(33-40-26)17-25(35)21-10-8-9-20(15-21)12-13-22-16-23(19-32-28(22)31)29(37)34-41(5,38)14-7-6-11-27(36)39-4/h8-10,15-16,18-19H,6-7,11,14,17H2,1-5H3,(H2,31,32). The van der Waals surface area contributed by atoms with Gasteiger partial charge in [-0.3, -0.25) is 14.4 Å². The first-order valence-corrected chi connectivity index (χ1v) is 15.0. The van der Waals surface area contributed by atoms with Crippen molar-refractivity contribution in [1.29, 1.82) is 0 Å². The topological polar surface area (TPSA) is 155 Å². The fourth-order valence-corrected chi connectivity index (χ4v) is 4.92. The minimum atomic E-state index is -2.82. The number of ketones is 1. The van der Waals surface area contributed by atoms with Crippen LogP contribution < -0.4 is 5.73 Å². The predicted octanol–water partition coefficient (Wildman–Crippen LogP) is 4.36. The lowest BCUT2D eigenvalue weighted by Crippen LogP contribution is -2.09. The van der Waals surface area contributed by atoms with Crippen LogP contribution in [0.25, 0.3) is 0 Å². The smallest absolute Gasteiger partial charge is 0.305 e. The second-order valence-electron chi connectivity index (χ2n) is 10.6. The lowest BCUT2D eigenvalue weighted by atomic mass is 9.93. The number of nitrogens with two attached hydrogens (primary N) is 1. The molecule has 0 bridgehead atoms. The molecule has 3 aromatic rings. The molecule has 216 valence electrons. The molecule has 0 fully saturated rings.